The van der Waals surface area contributed by atoms with E-state index >= 15 is 0 Å². The average molecular weight is 349 g/mol. The number of hydrogen-bond donors (Lipinski definition) is 2. The molecule has 3 rings (SSSR count). The highest BCUT2D eigenvalue weighted by Crippen LogP contribution is 2.11. The first kappa shape index (κ1) is 17.9. The summed E-state index contributed by atoms with van der Waals surface area (Å²) < 4.78 is 5.52. The molecule has 138 valence electrons. The second kappa shape index (κ2) is 8.44. The van der Waals surface area contributed by atoms with Gasteiger partial charge in [-0.1, -0.05) is 0 Å². The Morgan fingerprint density at radius 1 is 1.32 bits per heavy atom. The van der Waals surface area contributed by atoms with Crippen LogP contribution in [0.4, 0.5) is 0 Å². The van der Waals surface area contributed by atoms with E-state index in [0.717, 1.165) is 38.1 Å². The second-order valence-corrected chi connectivity index (χ2v) is 6.74. The fourth-order valence-corrected chi connectivity index (χ4v) is 3.35. The number of ether oxygens (including phenoxy) is 1. The summed E-state index contributed by atoms with van der Waals surface area (Å²) in [5.74, 6) is -0.0122. The number of nitrogens with one attached hydrogen (secondary N) is 2. The summed E-state index contributed by atoms with van der Waals surface area (Å²) in [5, 5.41) is 2.96. The van der Waals surface area contributed by atoms with Crippen LogP contribution < -0.4 is 5.32 Å². The predicted molar refractivity (Wildman–Crippen MR) is 92.3 cm³/mol. The first-order valence-electron chi connectivity index (χ1n) is 9.03. The Morgan fingerprint density at radius 2 is 2.20 bits per heavy atom. The van der Waals surface area contributed by atoms with E-state index in [-0.39, 0.29) is 17.9 Å². The molecule has 3 heterocycles. The maximum Gasteiger partial charge on any atom is 0.274 e. The minimum atomic E-state index is -0.0385. The Bertz CT molecular complexity index is 597. The SMILES string of the molecule is Cc1[nH]cnc1C(=O)N1CCCN(CC(=O)NCC2CCCO2)CC1. The first-order valence-corrected chi connectivity index (χ1v) is 9.03. The summed E-state index contributed by atoms with van der Waals surface area (Å²) in [6.45, 7) is 6.43. The van der Waals surface area contributed by atoms with E-state index in [2.05, 4.69) is 20.2 Å². The normalized spacial score (nSPS) is 22.0. The van der Waals surface area contributed by atoms with Gasteiger partial charge in [0.05, 0.1) is 19.0 Å². The Labute approximate surface area is 147 Å². The summed E-state index contributed by atoms with van der Waals surface area (Å²) in [5.41, 5.74) is 1.28. The van der Waals surface area contributed by atoms with Crippen LogP contribution in [-0.2, 0) is 9.53 Å². The molecular weight excluding hydrogens is 322 g/mol. The van der Waals surface area contributed by atoms with E-state index in [9.17, 15) is 9.59 Å². The average Bonchev–Trinajstić information content (AvgIpc) is 3.21. The molecule has 8 nitrogen and oxygen atoms in total. The van der Waals surface area contributed by atoms with Gasteiger partial charge in [0.2, 0.25) is 5.91 Å². The molecule has 0 bridgehead atoms. The van der Waals surface area contributed by atoms with Gasteiger partial charge in [-0.2, -0.15) is 0 Å². The largest absolute Gasteiger partial charge is 0.376 e. The van der Waals surface area contributed by atoms with Crippen molar-refractivity contribution in [3.63, 3.8) is 0 Å². The van der Waals surface area contributed by atoms with E-state index in [1.807, 2.05) is 11.8 Å². The molecule has 2 fully saturated rings. The van der Waals surface area contributed by atoms with Gasteiger partial charge < -0.3 is 19.9 Å². The van der Waals surface area contributed by atoms with Gasteiger partial charge in [-0.25, -0.2) is 4.98 Å². The van der Waals surface area contributed by atoms with Gasteiger partial charge in [0.15, 0.2) is 0 Å². The molecule has 0 saturated carbocycles. The van der Waals surface area contributed by atoms with E-state index < -0.39 is 0 Å². The number of aromatic nitrogens is 2. The highest BCUT2D eigenvalue weighted by molar-refractivity contribution is 5.93. The highest BCUT2D eigenvalue weighted by atomic mass is 16.5. The smallest absolute Gasteiger partial charge is 0.274 e. The Morgan fingerprint density at radius 3 is 2.92 bits per heavy atom. The molecule has 1 atom stereocenters. The van der Waals surface area contributed by atoms with E-state index in [0.29, 0.717) is 38.4 Å². The van der Waals surface area contributed by atoms with Gasteiger partial charge in [-0.05, 0) is 26.2 Å². The Kier molecular flexibility index (Phi) is 6.04. The number of nitrogens with zero attached hydrogens (tertiary/aromatic N) is 3. The molecule has 0 radical (unpaired) electrons. The molecule has 0 aromatic carbocycles. The number of carbonyl (C=O) groups excluding carboxylic acids is 2. The van der Waals surface area contributed by atoms with Crippen LogP contribution in [0.15, 0.2) is 6.33 Å². The van der Waals surface area contributed by atoms with Crippen molar-refractivity contribution in [3.05, 3.63) is 17.7 Å². The van der Waals surface area contributed by atoms with E-state index in [4.69, 9.17) is 4.74 Å². The minimum absolute atomic E-state index is 0.0263. The Balaban J connectivity index is 1.44. The number of rotatable bonds is 5. The fourth-order valence-electron chi connectivity index (χ4n) is 3.35. The van der Waals surface area contributed by atoms with Crippen molar-refractivity contribution >= 4 is 11.8 Å². The standard InChI is InChI=1S/C17H27N5O3/c1-13-16(20-12-19-13)17(24)22-6-3-5-21(7-8-22)11-15(23)18-10-14-4-2-9-25-14/h12,14H,2-11H2,1H3,(H,18,23)(H,19,20). The second-order valence-electron chi connectivity index (χ2n) is 6.74. The number of aryl methyl sites for hydroxylation is 1. The van der Waals surface area contributed by atoms with Crippen molar-refractivity contribution in [1.82, 2.24) is 25.1 Å². The van der Waals surface area contributed by atoms with Crippen LogP contribution in [-0.4, -0.2) is 83.6 Å². The zero-order valence-corrected chi connectivity index (χ0v) is 14.8. The lowest BCUT2D eigenvalue weighted by Gasteiger charge is -2.21. The van der Waals surface area contributed by atoms with Crippen LogP contribution in [0.1, 0.15) is 35.4 Å². The van der Waals surface area contributed by atoms with Crippen molar-refractivity contribution in [2.75, 3.05) is 45.9 Å². The highest BCUT2D eigenvalue weighted by Gasteiger charge is 2.24. The fraction of sp³-hybridized carbons (Fsp3) is 0.706. The van der Waals surface area contributed by atoms with Crippen LogP contribution in [0.3, 0.4) is 0 Å². The molecule has 2 saturated heterocycles. The third-order valence-corrected chi connectivity index (χ3v) is 4.83. The van der Waals surface area contributed by atoms with Gasteiger partial charge in [-0.15, -0.1) is 0 Å². The lowest BCUT2D eigenvalue weighted by molar-refractivity contribution is -0.122. The van der Waals surface area contributed by atoms with Gasteiger partial charge in [0, 0.05) is 45.0 Å². The first-order chi connectivity index (χ1) is 12.1. The van der Waals surface area contributed by atoms with Crippen molar-refractivity contribution < 1.29 is 14.3 Å². The van der Waals surface area contributed by atoms with Gasteiger partial charge in [0.25, 0.3) is 5.91 Å². The van der Waals surface area contributed by atoms with Crippen molar-refractivity contribution in [2.45, 2.75) is 32.3 Å². The molecule has 2 amide bonds. The van der Waals surface area contributed by atoms with E-state index in [1.54, 1.807) is 6.33 Å². The quantitative estimate of drug-likeness (QED) is 0.790. The molecule has 0 spiro atoms. The van der Waals surface area contributed by atoms with Crippen molar-refractivity contribution in [2.24, 2.45) is 0 Å². The van der Waals surface area contributed by atoms with E-state index in [1.165, 1.54) is 0 Å². The summed E-state index contributed by atoms with van der Waals surface area (Å²) in [6, 6.07) is 0. The summed E-state index contributed by atoms with van der Waals surface area (Å²) in [4.78, 5) is 35.7. The lowest BCUT2D eigenvalue weighted by Crippen LogP contribution is -2.42. The third-order valence-electron chi connectivity index (χ3n) is 4.83. The van der Waals surface area contributed by atoms with Crippen LogP contribution in [0, 0.1) is 6.92 Å². The van der Waals surface area contributed by atoms with Crippen LogP contribution in [0.5, 0.6) is 0 Å². The zero-order chi connectivity index (χ0) is 17.6. The van der Waals surface area contributed by atoms with Crippen LogP contribution in [0.2, 0.25) is 0 Å². The summed E-state index contributed by atoms with van der Waals surface area (Å²) >= 11 is 0. The Hall–Kier alpha value is -1.93. The number of amides is 2. The molecule has 8 heteroatoms. The van der Waals surface area contributed by atoms with Gasteiger partial charge in [-0.3, -0.25) is 14.5 Å². The van der Waals surface area contributed by atoms with Gasteiger partial charge in [0.1, 0.15) is 5.69 Å². The molecule has 2 aliphatic rings. The monoisotopic (exact) mass is 349 g/mol. The molecule has 1 aromatic heterocycles. The van der Waals surface area contributed by atoms with Crippen molar-refractivity contribution in [3.8, 4) is 0 Å². The van der Waals surface area contributed by atoms with Gasteiger partial charge >= 0.3 is 0 Å². The number of imidazole rings is 1. The topological polar surface area (TPSA) is 90.6 Å². The minimum Gasteiger partial charge on any atom is -0.376 e. The molecule has 25 heavy (non-hydrogen) atoms. The zero-order valence-electron chi connectivity index (χ0n) is 14.8. The molecular formula is C17H27N5O3. The lowest BCUT2D eigenvalue weighted by atomic mass is 10.2. The molecule has 1 aromatic rings. The molecule has 1 unspecified atom stereocenters. The van der Waals surface area contributed by atoms with Crippen molar-refractivity contribution in [1.29, 1.82) is 0 Å². The summed E-state index contributed by atoms with van der Waals surface area (Å²) in [7, 11) is 0. The molecule has 0 aliphatic carbocycles. The van der Waals surface area contributed by atoms with Crippen LogP contribution >= 0.6 is 0 Å². The predicted octanol–water partition coefficient (Wildman–Crippen LogP) is 0.161. The number of H-pyrrole nitrogens is 1. The maximum absolute atomic E-state index is 12.5. The third kappa shape index (κ3) is 4.79. The van der Waals surface area contributed by atoms with Crippen LogP contribution in [0.25, 0.3) is 0 Å². The number of carbonyl (C=O) groups is 2. The number of hydrogen-bond acceptors (Lipinski definition) is 5. The number of aromatic amines is 1. The molecule has 2 aliphatic heterocycles. The maximum atomic E-state index is 12.5. The molecule has 2 N–H and O–H groups in total. The summed E-state index contributed by atoms with van der Waals surface area (Å²) in [6.07, 6.45) is 4.66.